The third kappa shape index (κ3) is 7.96. The molecule has 3 heteroatoms. The SMILES string of the molecule is C1=C(c2cccc(C3=C(c4ccccc4)C(c4ccccc4)NC(c4ccccc4)=C3c3ccccc3)c2)NC(c2cccc(-c3ccc4c5ccccc5c5ccccc5c4c3)c2)NC1c1ccccc1. The lowest BCUT2D eigenvalue weighted by Crippen LogP contribution is -2.39. The summed E-state index contributed by atoms with van der Waals surface area (Å²) in [6, 6.07) is 97.0. The van der Waals surface area contributed by atoms with Crippen LogP contribution in [0.4, 0.5) is 0 Å². The molecule has 0 radical (unpaired) electrons. The summed E-state index contributed by atoms with van der Waals surface area (Å²) in [4.78, 5) is 0. The minimum Gasteiger partial charge on any atom is -0.373 e. The first-order chi connectivity index (χ1) is 35.7. The highest BCUT2D eigenvalue weighted by Crippen LogP contribution is 2.50. The van der Waals surface area contributed by atoms with Crippen LogP contribution in [-0.4, -0.2) is 0 Å². The van der Waals surface area contributed by atoms with Gasteiger partial charge in [-0.2, -0.15) is 0 Å². The molecule has 2 heterocycles. The van der Waals surface area contributed by atoms with Crippen molar-refractivity contribution in [2.75, 3.05) is 0 Å². The topological polar surface area (TPSA) is 36.1 Å². The van der Waals surface area contributed by atoms with Gasteiger partial charge in [-0.05, 0) is 123 Å². The molecule has 72 heavy (non-hydrogen) atoms. The number of rotatable bonds is 9. The third-order valence-electron chi connectivity index (χ3n) is 14.6. The van der Waals surface area contributed by atoms with Crippen LogP contribution in [0, 0.1) is 0 Å². The zero-order valence-corrected chi connectivity index (χ0v) is 39.7. The van der Waals surface area contributed by atoms with Gasteiger partial charge in [-0.15, -0.1) is 0 Å². The monoisotopic (exact) mass is 921 g/mol. The van der Waals surface area contributed by atoms with E-state index in [1.807, 2.05) is 0 Å². The predicted molar refractivity (Wildman–Crippen MR) is 302 cm³/mol. The van der Waals surface area contributed by atoms with Gasteiger partial charge in [-0.3, -0.25) is 5.32 Å². The number of hydrogen-bond donors (Lipinski definition) is 3. The van der Waals surface area contributed by atoms with Gasteiger partial charge in [0, 0.05) is 11.3 Å². The molecule has 11 aromatic carbocycles. The summed E-state index contributed by atoms with van der Waals surface area (Å²) in [6.45, 7) is 0. The molecule has 0 spiro atoms. The third-order valence-corrected chi connectivity index (χ3v) is 14.6. The fraction of sp³-hybridized carbons (Fsp3) is 0.0435. The van der Waals surface area contributed by atoms with Crippen LogP contribution in [0.15, 0.2) is 273 Å². The summed E-state index contributed by atoms with van der Waals surface area (Å²) < 4.78 is 0. The molecular formula is C69H51N3. The van der Waals surface area contributed by atoms with Gasteiger partial charge in [-0.1, -0.05) is 249 Å². The summed E-state index contributed by atoms with van der Waals surface area (Å²) in [7, 11) is 0. The van der Waals surface area contributed by atoms with Gasteiger partial charge >= 0.3 is 0 Å². The van der Waals surface area contributed by atoms with Crippen LogP contribution in [0.3, 0.4) is 0 Å². The van der Waals surface area contributed by atoms with Crippen LogP contribution >= 0.6 is 0 Å². The lowest BCUT2D eigenvalue weighted by molar-refractivity contribution is 0.443. The molecule has 13 rings (SSSR count). The molecule has 0 fully saturated rings. The molecule has 11 aromatic rings. The maximum absolute atomic E-state index is 4.14. The number of hydrogen-bond acceptors (Lipinski definition) is 3. The number of dihydropyridines is 1. The molecule has 3 unspecified atom stereocenters. The summed E-state index contributed by atoms with van der Waals surface area (Å²) in [6.07, 6.45) is 2.17. The highest BCUT2D eigenvalue weighted by Gasteiger charge is 2.33. The first kappa shape index (κ1) is 43.0. The standard InChI is InChI=1S/C69H51N3/c1-6-22-46(23-7-1)62-45-63(71-69(70-62)55-35-20-32-51(42-55)52-40-41-60-58-38-17-16-36-56(58)57-37-18-19-39-59(57)61(60)44-52)53-33-21-34-54(43-53)64-65(47-24-8-2-9-25-47)67(49-28-12-4-13-29-49)72-68(50-30-14-5-15-31-50)66(64)48-26-10-3-11-27-48/h1-45,62,67,69-72H. The van der Waals surface area contributed by atoms with Gasteiger partial charge in [0.05, 0.1) is 17.8 Å². The highest BCUT2D eigenvalue weighted by molar-refractivity contribution is 6.26. The van der Waals surface area contributed by atoms with E-state index in [-0.39, 0.29) is 18.2 Å². The van der Waals surface area contributed by atoms with Gasteiger partial charge < -0.3 is 10.6 Å². The fourth-order valence-electron chi connectivity index (χ4n) is 11.2. The summed E-state index contributed by atoms with van der Waals surface area (Å²) in [5, 5.41) is 19.9. The zero-order valence-electron chi connectivity index (χ0n) is 39.7. The van der Waals surface area contributed by atoms with E-state index in [2.05, 4.69) is 289 Å². The number of nitrogens with one attached hydrogen (secondary N) is 3. The van der Waals surface area contributed by atoms with Crippen molar-refractivity contribution in [3.05, 3.63) is 318 Å². The van der Waals surface area contributed by atoms with Gasteiger partial charge in [-0.25, -0.2) is 0 Å². The van der Waals surface area contributed by atoms with Crippen LogP contribution < -0.4 is 16.0 Å². The number of benzene rings is 11. The second-order valence-electron chi connectivity index (χ2n) is 18.9. The van der Waals surface area contributed by atoms with E-state index in [9.17, 15) is 0 Å². The molecule has 3 nitrogen and oxygen atoms in total. The Morgan fingerprint density at radius 3 is 1.40 bits per heavy atom. The van der Waals surface area contributed by atoms with Crippen molar-refractivity contribution in [2.45, 2.75) is 18.2 Å². The van der Waals surface area contributed by atoms with Gasteiger partial charge in [0.15, 0.2) is 0 Å². The minimum atomic E-state index is -0.186. The van der Waals surface area contributed by atoms with Crippen LogP contribution in [0.5, 0.6) is 0 Å². The molecule has 0 saturated carbocycles. The summed E-state index contributed by atoms with van der Waals surface area (Å²) >= 11 is 0. The highest BCUT2D eigenvalue weighted by atomic mass is 15.2. The maximum atomic E-state index is 4.14. The van der Waals surface area contributed by atoms with Gasteiger partial charge in [0.1, 0.15) is 6.17 Å². The zero-order chi connectivity index (χ0) is 47.8. The van der Waals surface area contributed by atoms with E-state index in [0.29, 0.717) is 0 Å². The van der Waals surface area contributed by atoms with Gasteiger partial charge in [0.25, 0.3) is 0 Å². The molecule has 3 N–H and O–H groups in total. The normalized spacial score (nSPS) is 16.9. The Balaban J connectivity index is 0.956. The second-order valence-corrected chi connectivity index (χ2v) is 18.9. The van der Waals surface area contributed by atoms with Gasteiger partial charge in [0.2, 0.25) is 0 Å². The first-order valence-electron chi connectivity index (χ1n) is 25.0. The van der Waals surface area contributed by atoms with E-state index in [1.54, 1.807) is 0 Å². The predicted octanol–water partition coefficient (Wildman–Crippen LogP) is 16.6. The largest absolute Gasteiger partial charge is 0.373 e. The van der Waals surface area contributed by atoms with E-state index < -0.39 is 0 Å². The van der Waals surface area contributed by atoms with Crippen molar-refractivity contribution in [3.63, 3.8) is 0 Å². The molecule has 0 bridgehead atoms. The number of allylic oxidation sites excluding steroid dienone is 2. The lowest BCUT2D eigenvalue weighted by Gasteiger charge is -2.36. The maximum Gasteiger partial charge on any atom is 0.104 e. The van der Waals surface area contributed by atoms with Crippen LogP contribution in [0.2, 0.25) is 0 Å². The van der Waals surface area contributed by atoms with Crippen LogP contribution in [0.1, 0.15) is 62.8 Å². The van der Waals surface area contributed by atoms with E-state index in [0.717, 1.165) is 33.6 Å². The average molecular weight is 922 g/mol. The minimum absolute atomic E-state index is 0.0510. The first-order valence-corrected chi connectivity index (χ1v) is 25.0. The van der Waals surface area contributed by atoms with Crippen molar-refractivity contribution in [1.82, 2.24) is 16.0 Å². The summed E-state index contributed by atoms with van der Waals surface area (Å²) in [5.74, 6) is 0. The molecule has 2 aliphatic heterocycles. The van der Waals surface area contributed by atoms with Crippen LogP contribution in [-0.2, 0) is 0 Å². The van der Waals surface area contributed by atoms with Crippen molar-refractivity contribution in [2.24, 2.45) is 0 Å². The van der Waals surface area contributed by atoms with Crippen molar-refractivity contribution in [3.8, 4) is 11.1 Å². The van der Waals surface area contributed by atoms with Crippen molar-refractivity contribution < 1.29 is 0 Å². The second kappa shape index (κ2) is 18.7. The molecule has 342 valence electrons. The van der Waals surface area contributed by atoms with E-state index >= 15 is 0 Å². The van der Waals surface area contributed by atoms with E-state index in [1.165, 1.54) is 82.4 Å². The number of fused-ring (bicyclic) bond motifs is 6. The molecular weight excluding hydrogens is 871 g/mol. The Labute approximate surface area is 421 Å². The van der Waals surface area contributed by atoms with Crippen molar-refractivity contribution >= 4 is 60.4 Å². The smallest absolute Gasteiger partial charge is 0.104 e. The van der Waals surface area contributed by atoms with E-state index in [4.69, 9.17) is 0 Å². The molecule has 0 aromatic heterocycles. The van der Waals surface area contributed by atoms with Crippen molar-refractivity contribution in [1.29, 1.82) is 0 Å². The van der Waals surface area contributed by atoms with Crippen LogP contribution in [0.25, 0.3) is 71.6 Å². The Morgan fingerprint density at radius 1 is 0.278 bits per heavy atom. The molecule has 3 atom stereocenters. The quantitative estimate of drug-likeness (QED) is 0.126. The molecule has 0 amide bonds. The Hall–Kier alpha value is -9.02. The lowest BCUT2D eigenvalue weighted by atomic mass is 9.76. The fourth-order valence-corrected chi connectivity index (χ4v) is 11.2. The Kier molecular flexibility index (Phi) is 11.2. The molecule has 2 aliphatic rings. The Bertz CT molecular complexity index is 3840. The Morgan fingerprint density at radius 2 is 0.750 bits per heavy atom. The molecule has 0 aliphatic carbocycles. The average Bonchev–Trinajstić information content (AvgIpc) is 3.47. The molecule has 0 saturated heterocycles. The summed E-state index contributed by atoms with van der Waals surface area (Å²) in [5.41, 5.74) is 17.5.